The van der Waals surface area contributed by atoms with E-state index in [1.807, 2.05) is 6.92 Å². The molecule has 1 heterocycles. The largest absolute Gasteiger partial charge is 0.508 e. The molecule has 1 N–H and O–H groups in total. The van der Waals surface area contributed by atoms with E-state index >= 15 is 0 Å². The Morgan fingerprint density at radius 1 is 1.31 bits per heavy atom. The lowest BCUT2D eigenvalue weighted by atomic mass is 10.1. The van der Waals surface area contributed by atoms with Crippen molar-refractivity contribution in [3.05, 3.63) is 59.3 Å². The first-order chi connectivity index (χ1) is 12.3. The number of hydrogen-bond donors (Lipinski definition) is 1. The number of alkyl halides is 3. The van der Waals surface area contributed by atoms with E-state index in [-0.39, 0.29) is 23.0 Å². The van der Waals surface area contributed by atoms with Gasteiger partial charge < -0.3 is 9.84 Å². The number of ether oxygens (including phenoxy) is 1. The van der Waals surface area contributed by atoms with E-state index in [4.69, 9.17) is 10.00 Å². The Balaban J connectivity index is 2.28. The molecule has 26 heavy (non-hydrogen) atoms. The molecule has 0 radical (unpaired) electrons. The summed E-state index contributed by atoms with van der Waals surface area (Å²) in [6, 6.07) is 9.72. The van der Waals surface area contributed by atoms with Crippen molar-refractivity contribution in [2.24, 2.45) is 0 Å². The van der Waals surface area contributed by atoms with Crippen molar-refractivity contribution in [2.75, 3.05) is 0 Å². The smallest absolute Gasteiger partial charge is 0.433 e. The van der Waals surface area contributed by atoms with Crippen molar-refractivity contribution in [1.82, 2.24) is 4.98 Å². The molecule has 136 valence electrons. The third kappa shape index (κ3) is 5.24. The third-order valence-electron chi connectivity index (χ3n) is 3.47. The molecule has 1 aromatic heterocycles. The molecule has 2 aromatic rings. The summed E-state index contributed by atoms with van der Waals surface area (Å²) in [5.74, 6) is -0.0738. The third-order valence-corrected chi connectivity index (χ3v) is 3.47. The van der Waals surface area contributed by atoms with Gasteiger partial charge in [0.25, 0.3) is 0 Å². The van der Waals surface area contributed by atoms with Crippen LogP contribution in [0, 0.1) is 11.3 Å². The summed E-state index contributed by atoms with van der Waals surface area (Å²) in [4.78, 5) is 3.41. The standard InChI is InChI=1S/C19H17F3N2O2/c1-2-3-4-8-16(25)14-6-5-7-15(11-14)26-18-10-13(12-23)9-17(24-18)19(20,21)22/h5-11,25H,2-4H2,1H3/b16-8-. The van der Waals surface area contributed by atoms with Gasteiger partial charge >= 0.3 is 6.18 Å². The van der Waals surface area contributed by atoms with Gasteiger partial charge in [0.2, 0.25) is 5.88 Å². The molecular formula is C19H17F3N2O2. The topological polar surface area (TPSA) is 66.1 Å². The minimum Gasteiger partial charge on any atom is -0.508 e. The lowest BCUT2D eigenvalue weighted by Crippen LogP contribution is -2.09. The molecule has 1 aromatic carbocycles. The minimum absolute atomic E-state index is 0.0682. The Morgan fingerprint density at radius 3 is 2.73 bits per heavy atom. The molecule has 0 aliphatic rings. The Bertz CT molecular complexity index is 839. The second kappa shape index (κ2) is 8.39. The van der Waals surface area contributed by atoms with E-state index < -0.39 is 11.9 Å². The fourth-order valence-corrected chi connectivity index (χ4v) is 2.17. The number of aromatic nitrogens is 1. The van der Waals surface area contributed by atoms with Crippen LogP contribution in [-0.2, 0) is 6.18 Å². The van der Waals surface area contributed by atoms with Crippen LogP contribution in [0.4, 0.5) is 13.2 Å². The number of nitriles is 1. The first kappa shape index (κ1) is 19.3. The zero-order chi connectivity index (χ0) is 19.2. The molecule has 2 rings (SSSR count). The van der Waals surface area contributed by atoms with Gasteiger partial charge in [-0.2, -0.15) is 18.4 Å². The number of nitrogens with zero attached hydrogens (tertiary/aromatic N) is 2. The predicted octanol–water partition coefficient (Wildman–Crippen LogP) is 5.85. The van der Waals surface area contributed by atoms with Crippen LogP contribution < -0.4 is 4.74 Å². The fraction of sp³-hybridized carbons (Fsp3) is 0.263. The van der Waals surface area contributed by atoms with Gasteiger partial charge in [-0.25, -0.2) is 4.98 Å². The fourth-order valence-electron chi connectivity index (χ4n) is 2.17. The Morgan fingerprint density at radius 2 is 2.08 bits per heavy atom. The average Bonchev–Trinajstić information content (AvgIpc) is 2.61. The Labute approximate surface area is 149 Å². The zero-order valence-corrected chi connectivity index (χ0v) is 14.0. The summed E-state index contributed by atoms with van der Waals surface area (Å²) in [5.41, 5.74) is -0.933. The number of aliphatic hydroxyl groups is 1. The van der Waals surface area contributed by atoms with Crippen molar-refractivity contribution >= 4 is 5.76 Å². The van der Waals surface area contributed by atoms with E-state index in [0.717, 1.165) is 18.9 Å². The first-order valence-electron chi connectivity index (χ1n) is 8.00. The predicted molar refractivity (Wildman–Crippen MR) is 90.6 cm³/mol. The number of pyridine rings is 1. The van der Waals surface area contributed by atoms with E-state index in [1.54, 1.807) is 24.3 Å². The summed E-state index contributed by atoms with van der Waals surface area (Å²) in [6.45, 7) is 2.04. The van der Waals surface area contributed by atoms with Crippen LogP contribution in [0.5, 0.6) is 11.6 Å². The van der Waals surface area contributed by atoms with Crippen LogP contribution >= 0.6 is 0 Å². The van der Waals surface area contributed by atoms with Crippen molar-refractivity contribution in [1.29, 1.82) is 5.26 Å². The number of benzene rings is 1. The highest BCUT2D eigenvalue weighted by Crippen LogP contribution is 2.31. The van der Waals surface area contributed by atoms with Crippen LogP contribution in [-0.4, -0.2) is 10.1 Å². The minimum atomic E-state index is -4.69. The number of allylic oxidation sites excluding steroid dienone is 1. The van der Waals surface area contributed by atoms with Gasteiger partial charge in [0.1, 0.15) is 17.2 Å². The lowest BCUT2D eigenvalue weighted by Gasteiger charge is -2.10. The second-order valence-electron chi connectivity index (χ2n) is 5.55. The van der Waals surface area contributed by atoms with Gasteiger partial charge in [-0.3, -0.25) is 0 Å². The van der Waals surface area contributed by atoms with E-state index in [9.17, 15) is 18.3 Å². The van der Waals surface area contributed by atoms with Gasteiger partial charge in [0.15, 0.2) is 0 Å². The zero-order valence-electron chi connectivity index (χ0n) is 14.0. The molecule has 0 aliphatic heterocycles. The molecule has 0 spiro atoms. The summed E-state index contributed by atoms with van der Waals surface area (Å²) in [5, 5.41) is 19.0. The summed E-state index contributed by atoms with van der Waals surface area (Å²) < 4.78 is 44.0. The maximum absolute atomic E-state index is 12.9. The monoisotopic (exact) mass is 362 g/mol. The molecule has 0 aliphatic carbocycles. The van der Waals surface area contributed by atoms with E-state index in [1.165, 1.54) is 12.1 Å². The van der Waals surface area contributed by atoms with E-state index in [0.29, 0.717) is 18.1 Å². The van der Waals surface area contributed by atoms with Gasteiger partial charge in [-0.05, 0) is 37.1 Å². The van der Waals surface area contributed by atoms with Gasteiger partial charge in [-0.15, -0.1) is 0 Å². The molecule has 0 amide bonds. The van der Waals surface area contributed by atoms with E-state index in [2.05, 4.69) is 4.98 Å². The van der Waals surface area contributed by atoms with Crippen LogP contribution in [0.15, 0.2) is 42.5 Å². The highest BCUT2D eigenvalue weighted by atomic mass is 19.4. The van der Waals surface area contributed by atoms with Crippen LogP contribution in [0.3, 0.4) is 0 Å². The van der Waals surface area contributed by atoms with Crippen LogP contribution in [0.25, 0.3) is 5.76 Å². The number of hydrogen-bond acceptors (Lipinski definition) is 4. The molecule has 0 unspecified atom stereocenters. The van der Waals surface area contributed by atoms with Crippen molar-refractivity contribution in [2.45, 2.75) is 32.4 Å². The molecule has 0 fully saturated rings. The van der Waals surface area contributed by atoms with Crippen LogP contribution in [0.2, 0.25) is 0 Å². The SMILES string of the molecule is CCCC/C=C(\O)c1cccc(Oc2cc(C#N)cc(C(F)(F)F)n2)c1. The van der Waals surface area contributed by atoms with Gasteiger partial charge in [0.05, 0.1) is 11.6 Å². The highest BCUT2D eigenvalue weighted by molar-refractivity contribution is 5.60. The molecule has 0 bridgehead atoms. The highest BCUT2D eigenvalue weighted by Gasteiger charge is 2.33. The average molecular weight is 362 g/mol. The first-order valence-corrected chi connectivity index (χ1v) is 8.00. The van der Waals surface area contributed by atoms with Gasteiger partial charge in [0, 0.05) is 11.6 Å². The second-order valence-corrected chi connectivity index (χ2v) is 5.55. The molecule has 0 saturated heterocycles. The number of aliphatic hydroxyl groups excluding tert-OH is 1. The molecule has 0 saturated carbocycles. The molecular weight excluding hydrogens is 345 g/mol. The van der Waals surface area contributed by atoms with Crippen molar-refractivity contribution in [3.63, 3.8) is 0 Å². The van der Waals surface area contributed by atoms with Crippen LogP contribution in [0.1, 0.15) is 43.0 Å². The summed E-state index contributed by atoms with van der Waals surface area (Å²) in [7, 11) is 0. The molecule has 4 nitrogen and oxygen atoms in total. The molecule has 7 heteroatoms. The number of unbranched alkanes of at least 4 members (excludes halogenated alkanes) is 2. The Hall–Kier alpha value is -3.01. The quantitative estimate of drug-likeness (QED) is 0.517. The Kier molecular flexibility index (Phi) is 6.23. The van der Waals surface area contributed by atoms with Crippen molar-refractivity contribution in [3.8, 4) is 17.7 Å². The summed E-state index contributed by atoms with van der Waals surface area (Å²) >= 11 is 0. The van der Waals surface area contributed by atoms with Gasteiger partial charge in [-0.1, -0.05) is 25.5 Å². The normalized spacial score (nSPS) is 11.9. The van der Waals surface area contributed by atoms with Crippen molar-refractivity contribution < 1.29 is 23.0 Å². The number of rotatable bonds is 6. The summed E-state index contributed by atoms with van der Waals surface area (Å²) in [6.07, 6.45) is -0.360. The molecule has 0 atom stereocenters. The lowest BCUT2D eigenvalue weighted by molar-refractivity contribution is -0.141. The maximum Gasteiger partial charge on any atom is 0.433 e. The maximum atomic E-state index is 12.9. The number of halogens is 3.